The second-order valence-electron chi connectivity index (χ2n) is 5.01. The summed E-state index contributed by atoms with van der Waals surface area (Å²) in [6.07, 6.45) is 1.62. The minimum Gasteiger partial charge on any atom is -0.454 e. The maximum absolute atomic E-state index is 13.6. The minimum absolute atomic E-state index is 0.00774. The molecule has 0 unspecified atom stereocenters. The molecule has 1 amide bonds. The number of rotatable bonds is 4. The Morgan fingerprint density at radius 2 is 2.04 bits per heavy atom. The molecule has 2 aromatic heterocycles. The smallest absolute Gasteiger partial charge is 0.291 e. The van der Waals surface area contributed by atoms with Crippen molar-refractivity contribution >= 4 is 23.2 Å². The number of furan rings is 1. The molecule has 5 nitrogen and oxygen atoms in total. The van der Waals surface area contributed by atoms with Gasteiger partial charge in [-0.05, 0) is 36.4 Å². The number of amides is 1. The number of benzene rings is 1. The van der Waals surface area contributed by atoms with E-state index in [1.54, 1.807) is 24.4 Å². The van der Waals surface area contributed by atoms with Crippen molar-refractivity contribution in [3.05, 3.63) is 87.4 Å². The average Bonchev–Trinajstić information content (AvgIpc) is 3.02. The maximum atomic E-state index is 13.6. The molecule has 0 spiro atoms. The van der Waals surface area contributed by atoms with Crippen LogP contribution in [0.4, 0.5) is 10.1 Å². The Labute approximate surface area is 141 Å². The first-order chi connectivity index (χ1) is 11.5. The highest BCUT2D eigenvalue weighted by atomic mass is 35.5. The fraction of sp³-hybridized carbons (Fsp3) is 0.0588. The lowest BCUT2D eigenvalue weighted by Crippen LogP contribution is -2.18. The minimum atomic E-state index is -0.608. The molecule has 0 atom stereocenters. The molecule has 0 radical (unpaired) electrons. The Kier molecular flexibility index (Phi) is 4.48. The first-order valence-corrected chi connectivity index (χ1v) is 7.41. The zero-order valence-corrected chi connectivity index (χ0v) is 13.1. The zero-order valence-electron chi connectivity index (χ0n) is 12.3. The SMILES string of the molecule is O=C(Nc1cc(Cl)ccc1F)c1ccc(Cn2ccccc2=O)o1. The molecule has 0 saturated heterocycles. The highest BCUT2D eigenvalue weighted by Crippen LogP contribution is 2.20. The first-order valence-electron chi connectivity index (χ1n) is 7.03. The quantitative estimate of drug-likeness (QED) is 0.786. The van der Waals surface area contributed by atoms with E-state index in [0.29, 0.717) is 10.8 Å². The molecular weight excluding hydrogens is 335 g/mol. The van der Waals surface area contributed by atoms with Crippen molar-refractivity contribution in [1.29, 1.82) is 0 Å². The van der Waals surface area contributed by atoms with Gasteiger partial charge in [-0.3, -0.25) is 9.59 Å². The van der Waals surface area contributed by atoms with Gasteiger partial charge in [0.15, 0.2) is 5.76 Å². The van der Waals surface area contributed by atoms with E-state index < -0.39 is 11.7 Å². The Morgan fingerprint density at radius 1 is 1.21 bits per heavy atom. The molecule has 0 aliphatic rings. The number of carbonyl (C=O) groups excluding carboxylic acids is 1. The molecule has 122 valence electrons. The second-order valence-corrected chi connectivity index (χ2v) is 5.45. The lowest BCUT2D eigenvalue weighted by molar-refractivity contribution is 0.0994. The number of anilines is 1. The van der Waals surface area contributed by atoms with Crippen molar-refractivity contribution in [2.24, 2.45) is 0 Å². The van der Waals surface area contributed by atoms with Gasteiger partial charge in [0.25, 0.3) is 11.5 Å². The van der Waals surface area contributed by atoms with E-state index in [2.05, 4.69) is 5.32 Å². The van der Waals surface area contributed by atoms with Crippen LogP contribution in [-0.2, 0) is 6.54 Å². The Morgan fingerprint density at radius 3 is 2.83 bits per heavy atom. The van der Waals surface area contributed by atoms with E-state index in [9.17, 15) is 14.0 Å². The van der Waals surface area contributed by atoms with Crippen molar-refractivity contribution in [3.63, 3.8) is 0 Å². The predicted octanol–water partition coefficient (Wildman–Crippen LogP) is 3.53. The number of aromatic nitrogens is 1. The van der Waals surface area contributed by atoms with Crippen LogP contribution in [0.5, 0.6) is 0 Å². The predicted molar refractivity (Wildman–Crippen MR) is 87.9 cm³/mol. The summed E-state index contributed by atoms with van der Waals surface area (Å²) in [6, 6.07) is 11.7. The van der Waals surface area contributed by atoms with Crippen LogP contribution >= 0.6 is 11.6 Å². The molecular formula is C17H12ClFN2O3. The van der Waals surface area contributed by atoms with Gasteiger partial charge in [-0.15, -0.1) is 0 Å². The standard InChI is InChI=1S/C17H12ClFN2O3/c18-11-4-6-13(19)14(9-11)20-17(23)15-7-5-12(24-15)10-21-8-2-1-3-16(21)22/h1-9H,10H2,(H,20,23). The molecule has 0 saturated carbocycles. The van der Waals surface area contributed by atoms with Gasteiger partial charge in [0.1, 0.15) is 11.6 Å². The van der Waals surface area contributed by atoms with Crippen molar-refractivity contribution in [1.82, 2.24) is 4.57 Å². The Balaban J connectivity index is 1.75. The summed E-state index contributed by atoms with van der Waals surface area (Å²) in [5, 5.41) is 2.70. The van der Waals surface area contributed by atoms with Crippen LogP contribution in [0.15, 0.2) is 63.9 Å². The molecule has 3 rings (SSSR count). The van der Waals surface area contributed by atoms with Crippen LogP contribution in [0, 0.1) is 5.82 Å². The number of hydrogen-bond acceptors (Lipinski definition) is 3. The van der Waals surface area contributed by atoms with Gasteiger partial charge in [-0.1, -0.05) is 17.7 Å². The highest BCUT2D eigenvalue weighted by molar-refractivity contribution is 6.31. The van der Waals surface area contributed by atoms with Crippen LogP contribution in [0.1, 0.15) is 16.3 Å². The molecule has 3 aromatic rings. The Hall–Kier alpha value is -2.86. The second kappa shape index (κ2) is 6.72. The topological polar surface area (TPSA) is 64.2 Å². The van der Waals surface area contributed by atoms with E-state index in [0.717, 1.165) is 6.07 Å². The van der Waals surface area contributed by atoms with E-state index in [1.807, 2.05) is 0 Å². The van der Waals surface area contributed by atoms with Crippen LogP contribution in [0.3, 0.4) is 0 Å². The van der Waals surface area contributed by atoms with Gasteiger partial charge in [-0.25, -0.2) is 4.39 Å². The monoisotopic (exact) mass is 346 g/mol. The largest absolute Gasteiger partial charge is 0.454 e. The van der Waals surface area contributed by atoms with Gasteiger partial charge in [-0.2, -0.15) is 0 Å². The number of nitrogens with zero attached hydrogens (tertiary/aromatic N) is 1. The first kappa shape index (κ1) is 16.0. The van der Waals surface area contributed by atoms with E-state index in [-0.39, 0.29) is 23.6 Å². The molecule has 1 N–H and O–H groups in total. The average molecular weight is 347 g/mol. The van der Waals surface area contributed by atoms with Crippen molar-refractivity contribution in [2.75, 3.05) is 5.32 Å². The number of pyridine rings is 1. The summed E-state index contributed by atoms with van der Waals surface area (Å²) in [4.78, 5) is 23.8. The van der Waals surface area contributed by atoms with Crippen LogP contribution < -0.4 is 10.9 Å². The summed E-state index contributed by atoms with van der Waals surface area (Å²) >= 11 is 5.78. The van der Waals surface area contributed by atoms with E-state index in [4.69, 9.17) is 16.0 Å². The third-order valence-corrected chi connectivity index (χ3v) is 3.52. The third-order valence-electron chi connectivity index (χ3n) is 3.29. The summed E-state index contributed by atoms with van der Waals surface area (Å²) in [7, 11) is 0. The van der Waals surface area contributed by atoms with Gasteiger partial charge in [0, 0.05) is 17.3 Å². The lowest BCUT2D eigenvalue weighted by Gasteiger charge is -2.05. The van der Waals surface area contributed by atoms with Gasteiger partial charge < -0.3 is 14.3 Å². The molecule has 24 heavy (non-hydrogen) atoms. The highest BCUT2D eigenvalue weighted by Gasteiger charge is 2.14. The maximum Gasteiger partial charge on any atom is 0.291 e. The lowest BCUT2D eigenvalue weighted by atomic mass is 10.3. The molecule has 7 heteroatoms. The fourth-order valence-corrected chi connectivity index (χ4v) is 2.29. The molecule has 2 heterocycles. The number of nitrogens with one attached hydrogen (secondary N) is 1. The van der Waals surface area contributed by atoms with Crippen molar-refractivity contribution in [3.8, 4) is 0 Å². The number of halogens is 2. The molecule has 1 aromatic carbocycles. The van der Waals surface area contributed by atoms with Gasteiger partial charge in [0.2, 0.25) is 0 Å². The number of carbonyl (C=O) groups is 1. The van der Waals surface area contributed by atoms with E-state index >= 15 is 0 Å². The Bertz CT molecular complexity index is 949. The molecule has 0 fully saturated rings. The van der Waals surface area contributed by atoms with Gasteiger partial charge >= 0.3 is 0 Å². The van der Waals surface area contributed by atoms with Crippen molar-refractivity contribution in [2.45, 2.75) is 6.54 Å². The van der Waals surface area contributed by atoms with Crippen molar-refractivity contribution < 1.29 is 13.6 Å². The molecule has 0 aliphatic heterocycles. The molecule has 0 bridgehead atoms. The summed E-state index contributed by atoms with van der Waals surface area (Å²) in [5.41, 5.74) is -0.217. The summed E-state index contributed by atoms with van der Waals surface area (Å²) in [6.45, 7) is 0.193. The van der Waals surface area contributed by atoms with Gasteiger partial charge in [0.05, 0.1) is 12.2 Å². The summed E-state index contributed by atoms with van der Waals surface area (Å²) in [5.74, 6) is -0.772. The normalized spacial score (nSPS) is 10.6. The number of hydrogen-bond donors (Lipinski definition) is 1. The van der Waals surface area contributed by atoms with Crippen LogP contribution in [-0.4, -0.2) is 10.5 Å². The van der Waals surface area contributed by atoms with Crippen LogP contribution in [0.2, 0.25) is 5.02 Å². The molecule has 0 aliphatic carbocycles. The summed E-state index contributed by atoms with van der Waals surface area (Å²) < 4.78 is 20.5. The zero-order chi connectivity index (χ0) is 17.1. The van der Waals surface area contributed by atoms with Crippen LogP contribution in [0.25, 0.3) is 0 Å². The third kappa shape index (κ3) is 3.55. The fourth-order valence-electron chi connectivity index (χ4n) is 2.12. The van der Waals surface area contributed by atoms with E-state index in [1.165, 1.54) is 28.8 Å².